The first-order chi connectivity index (χ1) is 15.4. The second kappa shape index (κ2) is 11.0. The Morgan fingerprint density at radius 2 is 1.84 bits per heavy atom. The van der Waals surface area contributed by atoms with Crippen LogP contribution in [0.4, 0.5) is 24.0 Å². The maximum absolute atomic E-state index is 13.5. The van der Waals surface area contributed by atoms with Gasteiger partial charge in [0.1, 0.15) is 11.5 Å². The number of methoxy groups -OCH3 is 1. The summed E-state index contributed by atoms with van der Waals surface area (Å²) in [6, 6.07) is 11.6. The summed E-state index contributed by atoms with van der Waals surface area (Å²) in [5.41, 5.74) is 1.20. The zero-order valence-corrected chi connectivity index (χ0v) is 18.7. The van der Waals surface area contributed by atoms with E-state index >= 15 is 0 Å². The Bertz CT molecular complexity index is 1030. The minimum atomic E-state index is -4.51. The van der Waals surface area contributed by atoms with Gasteiger partial charge < -0.3 is 14.8 Å². The third-order valence-corrected chi connectivity index (χ3v) is 5.40. The summed E-state index contributed by atoms with van der Waals surface area (Å²) >= 11 is 1.32. The van der Waals surface area contributed by atoms with Gasteiger partial charge >= 0.3 is 6.18 Å². The van der Waals surface area contributed by atoms with Crippen LogP contribution in [0, 0.1) is 0 Å². The third-order valence-electron chi connectivity index (χ3n) is 4.63. The quantitative estimate of drug-likeness (QED) is 0.314. The zero-order valence-electron chi connectivity index (χ0n) is 17.9. The number of aromatic nitrogens is 1. The first kappa shape index (κ1) is 23.7. The standard InChI is InChI=1S/C24H25F3N2O2S/c1-3-4-5-14-31-22-13-10-18(15-21(22)24(25,26)27)28-23-29-19(16-32-23)9-6-17-7-11-20(30-2)12-8-17/h6-13,15-16H,3-5,14H2,1-2H3,(H,28,29)/b9-6+. The van der Waals surface area contributed by atoms with Gasteiger partial charge in [-0.2, -0.15) is 13.2 Å². The molecule has 0 saturated heterocycles. The molecule has 1 heterocycles. The van der Waals surface area contributed by atoms with Crippen molar-refractivity contribution >= 4 is 34.3 Å². The fourth-order valence-corrected chi connectivity index (χ4v) is 3.63. The lowest BCUT2D eigenvalue weighted by Gasteiger charge is -2.15. The predicted octanol–water partition coefficient (Wildman–Crippen LogP) is 7.65. The first-order valence-corrected chi connectivity index (χ1v) is 11.2. The Kier molecular flexibility index (Phi) is 8.16. The minimum Gasteiger partial charge on any atom is -0.497 e. The second-order valence-corrected chi connectivity index (χ2v) is 7.93. The molecule has 1 N–H and O–H groups in total. The largest absolute Gasteiger partial charge is 0.497 e. The van der Waals surface area contributed by atoms with E-state index in [1.165, 1.54) is 17.4 Å². The molecule has 1 aromatic heterocycles. The number of hydrogen-bond acceptors (Lipinski definition) is 5. The summed E-state index contributed by atoms with van der Waals surface area (Å²) < 4.78 is 51.1. The lowest BCUT2D eigenvalue weighted by atomic mass is 10.1. The molecule has 8 heteroatoms. The van der Waals surface area contributed by atoms with Crippen LogP contribution < -0.4 is 14.8 Å². The normalized spacial score (nSPS) is 11.7. The molecule has 0 radical (unpaired) electrons. The molecule has 4 nitrogen and oxygen atoms in total. The minimum absolute atomic E-state index is 0.151. The summed E-state index contributed by atoms with van der Waals surface area (Å²) in [6.45, 7) is 2.29. The molecule has 3 rings (SSSR count). The summed E-state index contributed by atoms with van der Waals surface area (Å²) in [6.07, 6.45) is 1.86. The number of nitrogens with one attached hydrogen (secondary N) is 1. The average Bonchev–Trinajstić information content (AvgIpc) is 3.23. The van der Waals surface area contributed by atoms with Crippen molar-refractivity contribution in [2.75, 3.05) is 19.0 Å². The lowest BCUT2D eigenvalue weighted by molar-refractivity contribution is -0.138. The van der Waals surface area contributed by atoms with Crippen LogP contribution in [0.15, 0.2) is 47.8 Å². The van der Waals surface area contributed by atoms with Crippen molar-refractivity contribution in [2.45, 2.75) is 32.4 Å². The van der Waals surface area contributed by atoms with Gasteiger partial charge in [0.15, 0.2) is 5.13 Å². The van der Waals surface area contributed by atoms with Gasteiger partial charge in [-0.05, 0) is 48.4 Å². The number of unbranched alkanes of at least 4 members (excludes halogenated alkanes) is 2. The summed E-state index contributed by atoms with van der Waals surface area (Å²) in [5.74, 6) is 0.624. The van der Waals surface area contributed by atoms with Gasteiger partial charge in [-0.3, -0.25) is 0 Å². The number of benzene rings is 2. The molecule has 170 valence electrons. The molecule has 0 aliphatic rings. The lowest BCUT2D eigenvalue weighted by Crippen LogP contribution is -2.10. The monoisotopic (exact) mass is 462 g/mol. The Morgan fingerprint density at radius 1 is 1.06 bits per heavy atom. The second-order valence-electron chi connectivity index (χ2n) is 7.07. The molecule has 0 atom stereocenters. The molecule has 0 aliphatic carbocycles. The van der Waals surface area contributed by atoms with Crippen molar-refractivity contribution in [2.24, 2.45) is 0 Å². The summed E-state index contributed by atoms with van der Waals surface area (Å²) in [5, 5.41) is 5.29. The Labute approximate surface area is 189 Å². The number of ether oxygens (including phenoxy) is 2. The van der Waals surface area contributed by atoms with E-state index in [1.54, 1.807) is 13.2 Å². The Hall–Kier alpha value is -3.00. The van der Waals surface area contributed by atoms with E-state index in [2.05, 4.69) is 10.3 Å². The Morgan fingerprint density at radius 3 is 2.53 bits per heavy atom. The molecule has 0 amide bonds. The van der Waals surface area contributed by atoms with Crippen LogP contribution in [0.1, 0.15) is 43.0 Å². The third kappa shape index (κ3) is 6.75. The number of alkyl halides is 3. The summed E-state index contributed by atoms with van der Waals surface area (Å²) in [4.78, 5) is 4.42. The summed E-state index contributed by atoms with van der Waals surface area (Å²) in [7, 11) is 1.61. The van der Waals surface area contributed by atoms with Crippen LogP contribution in [-0.2, 0) is 6.18 Å². The van der Waals surface area contributed by atoms with E-state index in [0.29, 0.717) is 16.5 Å². The molecule has 0 unspecified atom stereocenters. The average molecular weight is 463 g/mol. The van der Waals surface area contributed by atoms with Crippen LogP contribution in [0.25, 0.3) is 12.2 Å². The maximum atomic E-state index is 13.5. The SMILES string of the molecule is CCCCCOc1ccc(Nc2nc(/C=C/c3ccc(OC)cc3)cs2)cc1C(F)(F)F. The zero-order chi connectivity index (χ0) is 23.0. The van der Waals surface area contributed by atoms with Gasteiger partial charge in [0.25, 0.3) is 0 Å². The fraction of sp³-hybridized carbons (Fsp3) is 0.292. The topological polar surface area (TPSA) is 43.4 Å². The van der Waals surface area contributed by atoms with Gasteiger partial charge in [0.2, 0.25) is 0 Å². The molecule has 2 aromatic carbocycles. The molecule has 0 aliphatic heterocycles. The highest BCUT2D eigenvalue weighted by molar-refractivity contribution is 7.13. The van der Waals surface area contributed by atoms with Crippen molar-refractivity contribution < 1.29 is 22.6 Å². The molecule has 0 bridgehead atoms. The molecule has 3 aromatic rings. The van der Waals surface area contributed by atoms with E-state index in [9.17, 15) is 13.2 Å². The van der Waals surface area contributed by atoms with Crippen molar-refractivity contribution in [1.82, 2.24) is 4.98 Å². The molecule has 0 saturated carbocycles. The van der Waals surface area contributed by atoms with Crippen LogP contribution >= 0.6 is 11.3 Å². The molecular weight excluding hydrogens is 437 g/mol. The number of hydrogen-bond donors (Lipinski definition) is 1. The van der Waals surface area contributed by atoms with Crippen LogP contribution in [0.2, 0.25) is 0 Å². The number of rotatable bonds is 10. The van der Waals surface area contributed by atoms with Gasteiger partial charge in [0.05, 0.1) is 25.0 Å². The van der Waals surface area contributed by atoms with Crippen molar-refractivity contribution in [3.8, 4) is 11.5 Å². The fourth-order valence-electron chi connectivity index (χ4n) is 2.93. The molecular formula is C24H25F3N2O2S. The van der Waals surface area contributed by atoms with E-state index in [1.807, 2.05) is 48.7 Å². The van der Waals surface area contributed by atoms with E-state index in [4.69, 9.17) is 9.47 Å². The molecule has 0 fully saturated rings. The van der Waals surface area contributed by atoms with Gasteiger partial charge in [-0.15, -0.1) is 11.3 Å². The molecule has 32 heavy (non-hydrogen) atoms. The number of halogens is 3. The highest BCUT2D eigenvalue weighted by Gasteiger charge is 2.34. The van der Waals surface area contributed by atoms with E-state index in [-0.39, 0.29) is 12.4 Å². The van der Waals surface area contributed by atoms with Gasteiger partial charge in [-0.1, -0.05) is 38.0 Å². The number of thiazole rings is 1. The van der Waals surface area contributed by atoms with Crippen LogP contribution in [0.5, 0.6) is 11.5 Å². The predicted molar refractivity (Wildman–Crippen MR) is 124 cm³/mol. The number of nitrogens with zero attached hydrogens (tertiary/aromatic N) is 1. The van der Waals surface area contributed by atoms with Crippen molar-refractivity contribution in [1.29, 1.82) is 0 Å². The highest BCUT2D eigenvalue weighted by atomic mass is 32.1. The van der Waals surface area contributed by atoms with Gasteiger partial charge in [0, 0.05) is 11.1 Å². The smallest absolute Gasteiger partial charge is 0.420 e. The Balaban J connectivity index is 1.68. The first-order valence-electron chi connectivity index (χ1n) is 10.3. The van der Waals surface area contributed by atoms with E-state index in [0.717, 1.165) is 36.6 Å². The highest BCUT2D eigenvalue weighted by Crippen LogP contribution is 2.38. The van der Waals surface area contributed by atoms with Gasteiger partial charge in [-0.25, -0.2) is 4.98 Å². The van der Waals surface area contributed by atoms with Crippen molar-refractivity contribution in [3.05, 3.63) is 64.7 Å². The molecule has 0 spiro atoms. The van der Waals surface area contributed by atoms with E-state index < -0.39 is 11.7 Å². The van der Waals surface area contributed by atoms with Crippen molar-refractivity contribution in [3.63, 3.8) is 0 Å². The number of anilines is 2. The maximum Gasteiger partial charge on any atom is 0.420 e. The van der Waals surface area contributed by atoms with Crippen LogP contribution in [-0.4, -0.2) is 18.7 Å². The van der Waals surface area contributed by atoms with Crippen LogP contribution in [0.3, 0.4) is 0 Å².